The molecule has 0 bridgehead atoms. The van der Waals surface area contributed by atoms with Crippen molar-refractivity contribution in [3.8, 4) is 0 Å². The molecule has 2 aliphatic heterocycles. The van der Waals surface area contributed by atoms with E-state index in [2.05, 4.69) is 20.4 Å². The van der Waals surface area contributed by atoms with Gasteiger partial charge in [0.2, 0.25) is 0 Å². The number of amides is 3. The van der Waals surface area contributed by atoms with Crippen molar-refractivity contribution in [1.29, 1.82) is 0 Å². The van der Waals surface area contributed by atoms with E-state index in [0.717, 1.165) is 16.2 Å². The molecule has 3 aromatic heterocycles. The number of carbonyl (C=O) groups excluding carboxylic acids is 4. The summed E-state index contributed by atoms with van der Waals surface area (Å²) < 4.78 is 1.45. The molecule has 0 saturated carbocycles. The van der Waals surface area contributed by atoms with Crippen LogP contribution in [0.2, 0.25) is 0 Å². The van der Waals surface area contributed by atoms with E-state index in [9.17, 15) is 29.1 Å². The summed E-state index contributed by atoms with van der Waals surface area (Å²) in [5.74, 6) is -4.09. The lowest BCUT2D eigenvalue weighted by molar-refractivity contribution is -0.150. The summed E-state index contributed by atoms with van der Waals surface area (Å²) >= 11 is 3.54. The summed E-state index contributed by atoms with van der Waals surface area (Å²) in [6.07, 6.45) is 1.32. The molecule has 5 heterocycles. The fourth-order valence-electron chi connectivity index (χ4n) is 4.00. The van der Waals surface area contributed by atoms with E-state index < -0.39 is 40.9 Å². The number of rotatable bonds is 8. The highest BCUT2D eigenvalue weighted by Crippen LogP contribution is 2.41. The van der Waals surface area contributed by atoms with Crippen LogP contribution >= 0.6 is 34.9 Å². The molecular formula is C21H18N8O6S3. The summed E-state index contributed by atoms with van der Waals surface area (Å²) in [4.78, 5) is 70.7. The van der Waals surface area contributed by atoms with Crippen molar-refractivity contribution in [2.75, 3.05) is 17.2 Å². The van der Waals surface area contributed by atoms with Crippen LogP contribution in [0.5, 0.6) is 0 Å². The Labute approximate surface area is 225 Å². The zero-order valence-corrected chi connectivity index (χ0v) is 21.9. The minimum absolute atomic E-state index is 0.125. The van der Waals surface area contributed by atoms with Crippen LogP contribution in [0.1, 0.15) is 26.5 Å². The number of ketones is 1. The third-order valence-electron chi connectivity index (χ3n) is 5.72. The maximum atomic E-state index is 12.9. The minimum Gasteiger partial charge on any atom is -0.477 e. The molecule has 14 nitrogen and oxygen atoms in total. The predicted octanol–water partition coefficient (Wildman–Crippen LogP) is -0.111. The number of aryl methyl sites for hydroxylation is 1. The number of hydrogen-bond acceptors (Lipinski definition) is 12. The van der Waals surface area contributed by atoms with E-state index in [4.69, 9.17) is 11.5 Å². The number of β-lactam (4-membered cyclic amide) rings is 1. The van der Waals surface area contributed by atoms with Gasteiger partial charge in [0, 0.05) is 22.6 Å². The van der Waals surface area contributed by atoms with Crippen molar-refractivity contribution < 1.29 is 29.1 Å². The summed E-state index contributed by atoms with van der Waals surface area (Å²) in [5.41, 5.74) is 12.1. The Balaban J connectivity index is 1.34. The van der Waals surface area contributed by atoms with Gasteiger partial charge < -0.3 is 21.9 Å². The van der Waals surface area contributed by atoms with Crippen LogP contribution in [0.4, 0.5) is 5.13 Å². The highest BCUT2D eigenvalue weighted by atomic mass is 32.2. The second-order valence-corrected chi connectivity index (χ2v) is 11.2. The molecule has 2 aliphatic rings. The number of Topliss-reactive ketones (excluding diaryl/α,β-unsaturated/α-hetero) is 1. The second kappa shape index (κ2) is 9.73. The number of thioether (sulfide) groups is 2. The smallest absolute Gasteiger partial charge is 0.352 e. The SMILES string of the molecule is Cc1cc(SCC2=C(C(=O)O)N3C(=O)[C@@H](NC(=O)C(=O)c4csc(N)n4)[C@H]3SC2)n2ncc(C(N)=O)c2n1. The third kappa shape index (κ3) is 4.37. The maximum absolute atomic E-state index is 12.9. The van der Waals surface area contributed by atoms with E-state index in [-0.39, 0.29) is 39.2 Å². The quantitative estimate of drug-likeness (QED) is 0.0911. The van der Waals surface area contributed by atoms with Crippen LogP contribution in [0.15, 0.2) is 33.9 Å². The number of carboxylic acid groups (broad SMARTS) is 1. The molecule has 1 fully saturated rings. The largest absolute Gasteiger partial charge is 0.477 e. The van der Waals surface area contributed by atoms with Gasteiger partial charge in [-0.2, -0.15) is 5.10 Å². The second-order valence-electron chi connectivity index (χ2n) is 8.20. The minimum atomic E-state index is -1.29. The van der Waals surface area contributed by atoms with E-state index in [1.165, 1.54) is 39.6 Å². The van der Waals surface area contributed by atoms with Crippen molar-refractivity contribution in [2.24, 2.45) is 5.73 Å². The van der Waals surface area contributed by atoms with Gasteiger partial charge in [0.25, 0.3) is 23.5 Å². The van der Waals surface area contributed by atoms with Gasteiger partial charge in [-0.3, -0.25) is 24.1 Å². The number of primary amides is 1. The molecule has 3 amide bonds. The van der Waals surface area contributed by atoms with Crippen LogP contribution in [-0.4, -0.2) is 82.0 Å². The Bertz CT molecular complexity index is 1580. The molecule has 5 rings (SSSR count). The lowest BCUT2D eigenvalue weighted by atomic mass is 10.0. The zero-order chi connectivity index (χ0) is 27.3. The number of nitrogens with zero attached hydrogens (tertiary/aromatic N) is 5. The van der Waals surface area contributed by atoms with Crippen molar-refractivity contribution >= 4 is 75.1 Å². The molecule has 6 N–H and O–H groups in total. The summed E-state index contributed by atoms with van der Waals surface area (Å²) in [6.45, 7) is 1.74. The van der Waals surface area contributed by atoms with Gasteiger partial charge in [-0.05, 0) is 18.6 Å². The number of anilines is 1. The van der Waals surface area contributed by atoms with Crippen molar-refractivity contribution in [3.63, 3.8) is 0 Å². The predicted molar refractivity (Wildman–Crippen MR) is 138 cm³/mol. The van der Waals surface area contributed by atoms with Crippen molar-refractivity contribution in [2.45, 2.75) is 23.4 Å². The normalized spacial score (nSPS) is 18.8. The average molecular weight is 575 g/mol. The topological polar surface area (TPSA) is 216 Å². The van der Waals surface area contributed by atoms with E-state index in [1.807, 2.05) is 0 Å². The first-order valence-corrected chi connectivity index (χ1v) is 13.7. The van der Waals surface area contributed by atoms with Gasteiger partial charge >= 0.3 is 5.97 Å². The Kier molecular flexibility index (Phi) is 6.58. The molecule has 0 aliphatic carbocycles. The van der Waals surface area contributed by atoms with Gasteiger partial charge in [0.15, 0.2) is 10.8 Å². The fraction of sp³-hybridized carbons (Fsp3) is 0.238. The highest BCUT2D eigenvalue weighted by molar-refractivity contribution is 8.01. The molecule has 1 saturated heterocycles. The number of nitrogens with one attached hydrogen (secondary N) is 1. The number of carboxylic acids is 1. The zero-order valence-electron chi connectivity index (χ0n) is 19.4. The number of nitrogen functional groups attached to an aromatic ring is 1. The highest BCUT2D eigenvalue weighted by Gasteiger charge is 2.54. The first-order chi connectivity index (χ1) is 18.1. The number of carbonyl (C=O) groups is 5. The fourth-order valence-corrected chi connectivity index (χ4v) is 7.09. The van der Waals surface area contributed by atoms with Gasteiger partial charge in [-0.15, -0.1) is 34.9 Å². The number of thiazole rings is 1. The number of hydrogen-bond donors (Lipinski definition) is 4. The summed E-state index contributed by atoms with van der Waals surface area (Å²) in [7, 11) is 0. The molecule has 17 heteroatoms. The summed E-state index contributed by atoms with van der Waals surface area (Å²) in [6, 6.07) is 0.678. The molecule has 0 aromatic carbocycles. The van der Waals surface area contributed by atoms with Gasteiger partial charge in [-0.25, -0.2) is 19.3 Å². The molecule has 3 aromatic rings. The van der Waals surface area contributed by atoms with Crippen LogP contribution in [0.25, 0.3) is 5.65 Å². The molecular weight excluding hydrogens is 556 g/mol. The molecule has 38 heavy (non-hydrogen) atoms. The van der Waals surface area contributed by atoms with Crippen LogP contribution in [-0.2, 0) is 14.4 Å². The van der Waals surface area contributed by atoms with Crippen molar-refractivity contribution in [3.05, 3.63) is 45.9 Å². The molecule has 0 radical (unpaired) electrons. The Morgan fingerprint density at radius 1 is 1.29 bits per heavy atom. The molecule has 0 spiro atoms. The Hall–Kier alpha value is -3.96. The lowest BCUT2D eigenvalue weighted by Gasteiger charge is -2.49. The number of nitrogens with two attached hydrogens (primary N) is 2. The first kappa shape index (κ1) is 25.7. The van der Waals surface area contributed by atoms with Crippen LogP contribution < -0.4 is 16.8 Å². The van der Waals surface area contributed by atoms with Gasteiger partial charge in [-0.1, -0.05) is 0 Å². The number of fused-ring (bicyclic) bond motifs is 2. The number of aromatic nitrogens is 4. The van der Waals surface area contributed by atoms with Gasteiger partial charge in [0.05, 0.1) is 6.20 Å². The number of aliphatic carboxylic acids is 1. The average Bonchev–Trinajstić information content (AvgIpc) is 3.50. The maximum Gasteiger partial charge on any atom is 0.352 e. The first-order valence-electron chi connectivity index (χ1n) is 10.8. The monoisotopic (exact) mass is 574 g/mol. The molecule has 0 unspecified atom stereocenters. The van der Waals surface area contributed by atoms with Crippen LogP contribution in [0.3, 0.4) is 0 Å². The third-order valence-corrected chi connectivity index (χ3v) is 8.82. The lowest BCUT2D eigenvalue weighted by Crippen LogP contribution is -2.71. The van der Waals surface area contributed by atoms with E-state index in [1.54, 1.807) is 13.0 Å². The van der Waals surface area contributed by atoms with E-state index >= 15 is 0 Å². The standard InChI is InChI=1S/C21H18N8O6S3/c1-7-2-11(29-16(25-7)9(3-24-29)15(22)31)36-4-8-5-37-19-12(18(33)28(19)13(8)20(34)35)27-17(32)14(30)10-6-38-21(23)26-10/h2-3,6,12,19H,4-5H2,1H3,(H2,22,31)(H2,23,26)(H,27,32)(H,34,35)/t12-,19-/m1/s1. The summed E-state index contributed by atoms with van der Waals surface area (Å²) in [5, 5.41) is 17.9. The Morgan fingerprint density at radius 2 is 2.05 bits per heavy atom. The van der Waals surface area contributed by atoms with Crippen LogP contribution in [0, 0.1) is 6.92 Å². The van der Waals surface area contributed by atoms with Gasteiger partial charge in [0.1, 0.15) is 33.4 Å². The molecule has 2 atom stereocenters. The van der Waals surface area contributed by atoms with E-state index in [0.29, 0.717) is 16.3 Å². The molecule has 196 valence electrons. The Morgan fingerprint density at radius 3 is 2.71 bits per heavy atom. The van der Waals surface area contributed by atoms with Crippen molar-refractivity contribution in [1.82, 2.24) is 29.8 Å².